The Morgan fingerprint density at radius 3 is 2.55 bits per heavy atom. The Kier molecular flexibility index (Phi) is 10.6. The van der Waals surface area contributed by atoms with E-state index in [1.165, 1.54) is 19.3 Å². The molecule has 9 nitrogen and oxygen atoms in total. The average Bonchev–Trinajstić information content (AvgIpc) is 3.15. The van der Waals surface area contributed by atoms with E-state index in [1.54, 1.807) is 18.5 Å². The third-order valence-electron chi connectivity index (χ3n) is 10.2. The Bertz CT molecular complexity index is 2060. The summed E-state index contributed by atoms with van der Waals surface area (Å²) in [6.07, 6.45) is 8.79. The van der Waals surface area contributed by atoms with Crippen LogP contribution in [0.1, 0.15) is 54.0 Å². The molecule has 4 heterocycles. The summed E-state index contributed by atoms with van der Waals surface area (Å²) in [6, 6.07) is 20.9. The summed E-state index contributed by atoms with van der Waals surface area (Å²) >= 11 is 6.91. The molecule has 5 aromatic rings. The zero-order valence-electron chi connectivity index (χ0n) is 29.6. The van der Waals surface area contributed by atoms with Gasteiger partial charge in [0.25, 0.3) is 0 Å². The van der Waals surface area contributed by atoms with E-state index in [0.29, 0.717) is 34.7 Å². The molecule has 2 fully saturated rings. The van der Waals surface area contributed by atoms with Gasteiger partial charge in [0.2, 0.25) is 0 Å². The van der Waals surface area contributed by atoms with Crippen LogP contribution in [0, 0.1) is 18.3 Å². The lowest BCUT2D eigenvalue weighted by Crippen LogP contribution is -2.44. The van der Waals surface area contributed by atoms with E-state index < -0.39 is 0 Å². The van der Waals surface area contributed by atoms with Crippen LogP contribution in [0.25, 0.3) is 22.2 Å². The van der Waals surface area contributed by atoms with Crippen molar-refractivity contribution in [1.29, 1.82) is 5.26 Å². The molecule has 0 bridgehead atoms. The number of piperazine rings is 1. The molecule has 2 aromatic heterocycles. The summed E-state index contributed by atoms with van der Waals surface area (Å²) in [5, 5.41) is 9.90. The zero-order valence-corrected chi connectivity index (χ0v) is 30.4. The van der Waals surface area contributed by atoms with Crippen LogP contribution in [0.15, 0.2) is 73.2 Å². The predicted molar refractivity (Wildman–Crippen MR) is 202 cm³/mol. The van der Waals surface area contributed by atoms with Gasteiger partial charge >= 0.3 is 0 Å². The molecular formula is C41H44ClN7O2. The van der Waals surface area contributed by atoms with Crippen LogP contribution in [0.5, 0.6) is 11.5 Å². The Balaban J connectivity index is 1.12. The number of likely N-dealkylation sites (N-methyl/N-ethyl adjacent to an activating group) is 1. The van der Waals surface area contributed by atoms with Gasteiger partial charge in [-0.3, -0.25) is 14.9 Å². The van der Waals surface area contributed by atoms with Crippen LogP contribution in [-0.4, -0.2) is 70.6 Å². The van der Waals surface area contributed by atoms with E-state index in [9.17, 15) is 5.26 Å². The van der Waals surface area contributed by atoms with E-state index in [4.69, 9.17) is 31.0 Å². The van der Waals surface area contributed by atoms with Crippen molar-refractivity contribution in [1.82, 2.24) is 24.8 Å². The van der Waals surface area contributed by atoms with Gasteiger partial charge in [-0.25, -0.2) is 4.98 Å². The maximum Gasteiger partial charge on any atom is 0.147 e. The number of pyridine rings is 1. The largest absolute Gasteiger partial charge is 0.488 e. The molecule has 51 heavy (non-hydrogen) atoms. The second-order valence-electron chi connectivity index (χ2n) is 13.8. The van der Waals surface area contributed by atoms with Crippen molar-refractivity contribution >= 4 is 28.5 Å². The summed E-state index contributed by atoms with van der Waals surface area (Å²) < 4.78 is 12.8. The molecule has 2 aliphatic heterocycles. The van der Waals surface area contributed by atoms with Crippen molar-refractivity contribution in [2.24, 2.45) is 0 Å². The van der Waals surface area contributed by atoms with Gasteiger partial charge in [-0.05, 0) is 86.8 Å². The summed E-state index contributed by atoms with van der Waals surface area (Å²) in [7, 11) is 2.16. The summed E-state index contributed by atoms with van der Waals surface area (Å²) in [4.78, 5) is 21.1. The van der Waals surface area contributed by atoms with Gasteiger partial charge in [-0.2, -0.15) is 5.26 Å². The molecule has 1 atom stereocenters. The Morgan fingerprint density at radius 2 is 1.73 bits per heavy atom. The van der Waals surface area contributed by atoms with Gasteiger partial charge in [0.1, 0.15) is 36.6 Å². The number of fused-ring (bicyclic) bond motifs is 1. The summed E-state index contributed by atoms with van der Waals surface area (Å²) in [5.41, 5.74) is 8.52. The second kappa shape index (κ2) is 15.6. The van der Waals surface area contributed by atoms with Crippen LogP contribution in [0.4, 0.5) is 5.82 Å². The first-order valence-corrected chi connectivity index (χ1v) is 18.2. The average molecular weight is 702 g/mol. The van der Waals surface area contributed by atoms with Crippen LogP contribution >= 0.6 is 11.6 Å². The zero-order chi connectivity index (χ0) is 35.3. The minimum Gasteiger partial charge on any atom is -0.488 e. The highest BCUT2D eigenvalue weighted by atomic mass is 35.5. The van der Waals surface area contributed by atoms with Gasteiger partial charge < -0.3 is 19.3 Å². The number of nitrogens with zero attached hydrogens (tertiary/aromatic N) is 7. The molecule has 0 saturated carbocycles. The van der Waals surface area contributed by atoms with Crippen LogP contribution in [0.3, 0.4) is 0 Å². The molecule has 0 amide bonds. The number of anilines is 1. The Hall–Kier alpha value is -4.75. The smallest absolute Gasteiger partial charge is 0.147 e. The molecule has 0 spiro atoms. The number of rotatable bonds is 10. The molecule has 3 aromatic carbocycles. The number of hydrogen-bond acceptors (Lipinski definition) is 9. The summed E-state index contributed by atoms with van der Waals surface area (Å²) in [6.45, 7) is 10.7. The molecule has 0 N–H and O–H groups in total. The predicted octanol–water partition coefficient (Wildman–Crippen LogP) is 7.81. The maximum atomic E-state index is 9.35. The third-order valence-corrected chi connectivity index (χ3v) is 10.5. The standard InChI is InChI=1S/C41H44ClN7O2/c1-28-7-4-5-12-49(28)25-34-18-36(42)40(20-39(34)50-26-31-17-30(21-43)22-44-23-31)51-27-33-8-6-9-35(29(33)2)32-10-11-37-38(19-32)46-41(24-45-37)48-15-13-47(3)14-16-48/h6,8-11,17-20,22-24,28H,4-5,7,12-16,25-27H2,1-3H3/t28-/m1/s1. The number of likely N-dealkylation sites (tertiary alicyclic amines) is 1. The molecule has 0 unspecified atom stereocenters. The highest BCUT2D eigenvalue weighted by Crippen LogP contribution is 2.36. The van der Waals surface area contributed by atoms with Gasteiger partial charge in [-0.15, -0.1) is 0 Å². The van der Waals surface area contributed by atoms with Crippen molar-refractivity contribution in [3.05, 3.63) is 106 Å². The van der Waals surface area contributed by atoms with E-state index in [-0.39, 0.29) is 6.61 Å². The molecule has 2 aliphatic rings. The molecule has 262 valence electrons. The molecule has 0 aliphatic carbocycles. The molecule has 7 rings (SSSR count). The molecular weight excluding hydrogens is 658 g/mol. The van der Waals surface area contributed by atoms with Gasteiger partial charge in [0.05, 0.1) is 27.8 Å². The lowest BCUT2D eigenvalue weighted by molar-refractivity contribution is 0.150. The highest BCUT2D eigenvalue weighted by molar-refractivity contribution is 6.32. The minimum absolute atomic E-state index is 0.278. The van der Waals surface area contributed by atoms with Gasteiger partial charge in [0, 0.05) is 68.4 Å². The maximum absolute atomic E-state index is 9.35. The van der Waals surface area contributed by atoms with Gasteiger partial charge in [0.15, 0.2) is 0 Å². The van der Waals surface area contributed by atoms with Gasteiger partial charge in [-0.1, -0.05) is 42.3 Å². The van der Waals surface area contributed by atoms with E-state index >= 15 is 0 Å². The fraction of sp³-hybridized carbons (Fsp3) is 0.366. The molecule has 2 saturated heterocycles. The first kappa shape index (κ1) is 34.7. The second-order valence-corrected chi connectivity index (χ2v) is 14.2. The fourth-order valence-electron chi connectivity index (χ4n) is 7.01. The highest BCUT2D eigenvalue weighted by Gasteiger charge is 2.22. The van der Waals surface area contributed by atoms with Crippen molar-refractivity contribution in [2.45, 2.75) is 58.9 Å². The number of nitriles is 1. The number of benzene rings is 3. The van der Waals surface area contributed by atoms with Crippen LogP contribution < -0.4 is 14.4 Å². The fourth-order valence-corrected chi connectivity index (χ4v) is 7.25. The van der Waals surface area contributed by atoms with E-state index in [2.05, 4.69) is 77.0 Å². The third kappa shape index (κ3) is 8.10. The first-order chi connectivity index (χ1) is 24.8. The summed E-state index contributed by atoms with van der Waals surface area (Å²) in [5.74, 6) is 2.21. The lowest BCUT2D eigenvalue weighted by atomic mass is 9.96. The van der Waals surface area contributed by atoms with Crippen LogP contribution in [-0.2, 0) is 19.8 Å². The Morgan fingerprint density at radius 1 is 0.882 bits per heavy atom. The number of hydrogen-bond donors (Lipinski definition) is 0. The number of aromatic nitrogens is 3. The van der Waals surface area contributed by atoms with Crippen LogP contribution in [0.2, 0.25) is 5.02 Å². The first-order valence-electron chi connectivity index (χ1n) is 17.8. The normalized spacial score (nSPS) is 17.0. The topological polar surface area (TPSA) is 90.6 Å². The van der Waals surface area contributed by atoms with Crippen molar-refractivity contribution in [3.8, 4) is 28.7 Å². The minimum atomic E-state index is 0.278. The monoisotopic (exact) mass is 701 g/mol. The number of ether oxygens (including phenoxy) is 2. The van der Waals surface area contributed by atoms with E-state index in [0.717, 1.165) is 89.5 Å². The molecule has 0 radical (unpaired) electrons. The lowest BCUT2D eigenvalue weighted by Gasteiger charge is -2.33. The SMILES string of the molecule is Cc1c(COc2cc(OCc3cncc(C#N)c3)c(CN3CCCC[C@H]3C)cc2Cl)cccc1-c1ccc2ncc(N3CCN(C)CC3)nc2c1. The van der Waals surface area contributed by atoms with Crippen molar-refractivity contribution < 1.29 is 9.47 Å². The van der Waals surface area contributed by atoms with Crippen molar-refractivity contribution in [3.63, 3.8) is 0 Å². The quantitative estimate of drug-likeness (QED) is 0.145. The van der Waals surface area contributed by atoms with E-state index in [1.807, 2.05) is 24.4 Å². The van der Waals surface area contributed by atoms with Crippen molar-refractivity contribution in [2.75, 3.05) is 44.7 Å². The number of piperidine rings is 1. The Labute approximate surface area is 305 Å². The number of halogens is 1. The molecule has 10 heteroatoms.